The summed E-state index contributed by atoms with van der Waals surface area (Å²) in [5.74, 6) is -0.790. The van der Waals surface area contributed by atoms with Gasteiger partial charge in [-0.25, -0.2) is 19.6 Å². The van der Waals surface area contributed by atoms with E-state index in [0.717, 1.165) is 87.6 Å². The molecule has 6 aromatic heterocycles. The van der Waals surface area contributed by atoms with E-state index < -0.39 is 11.9 Å². The van der Waals surface area contributed by atoms with Crippen LogP contribution in [0.1, 0.15) is 64.6 Å². The van der Waals surface area contributed by atoms with Crippen molar-refractivity contribution in [3.63, 3.8) is 0 Å². The summed E-state index contributed by atoms with van der Waals surface area (Å²) >= 11 is 3.11. The first kappa shape index (κ1) is 33.1. The number of rotatable bonds is 6. The Hall–Kier alpha value is -6.76. The van der Waals surface area contributed by atoms with Crippen molar-refractivity contribution in [1.29, 1.82) is 0 Å². The molecule has 9 rings (SSSR count). The zero-order valence-electron chi connectivity index (χ0n) is 28.9. The number of ether oxygens (including phenoxy) is 2. The minimum absolute atomic E-state index is 0.395. The lowest BCUT2D eigenvalue weighted by atomic mass is 10.0. The molecule has 0 saturated carbocycles. The van der Waals surface area contributed by atoms with Crippen LogP contribution in [0.15, 0.2) is 120 Å². The number of benzene rings is 2. The van der Waals surface area contributed by atoms with Gasteiger partial charge in [0.2, 0.25) is 0 Å². The minimum Gasteiger partial charge on any atom is -0.465 e. The van der Waals surface area contributed by atoms with Crippen LogP contribution in [0, 0.1) is 0 Å². The third-order valence-electron chi connectivity index (χ3n) is 9.38. The van der Waals surface area contributed by atoms with Gasteiger partial charge in [-0.15, -0.1) is 22.7 Å². The highest BCUT2D eigenvalue weighted by Crippen LogP contribution is 2.29. The van der Waals surface area contributed by atoms with E-state index in [1.165, 1.54) is 14.2 Å². The summed E-state index contributed by atoms with van der Waals surface area (Å²) in [7, 11) is 2.76. The van der Waals surface area contributed by atoms with Crippen LogP contribution in [0.25, 0.3) is 22.3 Å². The van der Waals surface area contributed by atoms with Gasteiger partial charge in [-0.05, 0) is 83.9 Å². The first-order valence-corrected chi connectivity index (χ1v) is 18.7. The normalized spacial score (nSPS) is 12.6. The molecule has 0 amide bonds. The third kappa shape index (κ3) is 5.83. The number of carbonyl (C=O) groups is 2. The Labute approximate surface area is 315 Å². The number of carbonyl (C=O) groups excluding carboxylic acids is 2. The Bertz CT molecular complexity index is 2730. The highest BCUT2D eigenvalue weighted by molar-refractivity contribution is 7.11. The predicted molar refractivity (Wildman–Crippen MR) is 208 cm³/mol. The highest BCUT2D eigenvalue weighted by Gasteiger charge is 2.20. The summed E-state index contributed by atoms with van der Waals surface area (Å²) in [4.78, 5) is 49.0. The van der Waals surface area contributed by atoms with Crippen molar-refractivity contribution < 1.29 is 19.1 Å². The Morgan fingerprint density at radius 3 is 1.15 bits per heavy atom. The number of H-pyrrole nitrogens is 4. The summed E-state index contributed by atoms with van der Waals surface area (Å²) in [6, 6.07) is 31.4. The largest absolute Gasteiger partial charge is 0.465 e. The number of methoxy groups -OCH3 is 2. The van der Waals surface area contributed by atoms with Gasteiger partial charge in [0, 0.05) is 56.4 Å². The van der Waals surface area contributed by atoms with Crippen molar-refractivity contribution in [2.45, 2.75) is 0 Å². The summed E-state index contributed by atoms with van der Waals surface area (Å²) < 4.78 is 9.94. The molecule has 8 aromatic rings. The molecule has 0 spiro atoms. The molecule has 54 heavy (non-hydrogen) atoms. The summed E-state index contributed by atoms with van der Waals surface area (Å²) in [6.45, 7) is 0. The van der Waals surface area contributed by atoms with E-state index in [1.54, 1.807) is 59.3 Å². The Morgan fingerprint density at radius 2 is 0.815 bits per heavy atom. The van der Waals surface area contributed by atoms with Gasteiger partial charge in [0.1, 0.15) is 10.0 Å². The fourth-order valence-electron chi connectivity index (χ4n) is 6.89. The molecule has 0 saturated heterocycles. The Morgan fingerprint density at radius 1 is 0.463 bits per heavy atom. The monoisotopic (exact) mass is 746 g/mol. The Kier molecular flexibility index (Phi) is 8.37. The molecular formula is C42H30N6O4S2. The second kappa shape index (κ2) is 13.7. The number of fused-ring (bicyclic) bond motifs is 8. The average molecular weight is 747 g/mol. The number of esters is 2. The molecule has 0 atom stereocenters. The van der Waals surface area contributed by atoms with Crippen LogP contribution in [0.2, 0.25) is 0 Å². The van der Waals surface area contributed by atoms with Crippen LogP contribution in [-0.2, 0) is 9.47 Å². The number of aromatic amines is 4. The number of aromatic nitrogens is 6. The van der Waals surface area contributed by atoms with Gasteiger partial charge in [-0.3, -0.25) is 0 Å². The van der Waals surface area contributed by atoms with Gasteiger partial charge in [-0.2, -0.15) is 0 Å². The molecule has 0 radical (unpaired) electrons. The maximum absolute atomic E-state index is 12.3. The zero-order chi connectivity index (χ0) is 36.8. The second-order valence-electron chi connectivity index (χ2n) is 12.5. The number of thiazole rings is 2. The van der Waals surface area contributed by atoms with E-state index in [2.05, 4.69) is 68.5 Å². The molecule has 0 aliphatic carbocycles. The van der Waals surface area contributed by atoms with Gasteiger partial charge in [0.05, 0.1) is 58.6 Å². The number of hydrogen-bond acceptors (Lipinski definition) is 8. The van der Waals surface area contributed by atoms with Crippen LogP contribution >= 0.6 is 22.7 Å². The van der Waals surface area contributed by atoms with Crippen LogP contribution in [0.5, 0.6) is 0 Å². The van der Waals surface area contributed by atoms with Crippen molar-refractivity contribution in [1.82, 2.24) is 29.9 Å². The number of nitrogens with zero attached hydrogens (tertiary/aromatic N) is 2. The van der Waals surface area contributed by atoms with Crippen molar-refractivity contribution in [2.24, 2.45) is 0 Å². The molecule has 2 aromatic carbocycles. The van der Waals surface area contributed by atoms with Gasteiger partial charge < -0.3 is 29.4 Å². The molecular weight excluding hydrogens is 717 g/mol. The van der Waals surface area contributed by atoms with Gasteiger partial charge in [0.15, 0.2) is 0 Å². The maximum atomic E-state index is 12.3. The predicted octanol–water partition coefficient (Wildman–Crippen LogP) is 4.79. The second-order valence-corrected chi connectivity index (χ2v) is 14.2. The van der Waals surface area contributed by atoms with Crippen molar-refractivity contribution in [3.05, 3.63) is 197 Å². The number of hydrogen-bond donors (Lipinski definition) is 4. The molecule has 4 N–H and O–H groups in total. The summed E-state index contributed by atoms with van der Waals surface area (Å²) in [5.41, 5.74) is 9.87. The third-order valence-corrected chi connectivity index (χ3v) is 11.0. The van der Waals surface area contributed by atoms with Crippen LogP contribution in [0.3, 0.4) is 0 Å². The van der Waals surface area contributed by atoms with Crippen LogP contribution < -0.4 is 21.4 Å². The topological polar surface area (TPSA) is 142 Å². The fraction of sp³-hybridized carbons (Fsp3) is 0.0476. The maximum Gasteiger partial charge on any atom is 0.337 e. The van der Waals surface area contributed by atoms with E-state index in [1.807, 2.05) is 35.0 Å². The van der Waals surface area contributed by atoms with Crippen molar-refractivity contribution in [2.75, 3.05) is 14.2 Å². The molecule has 10 nitrogen and oxygen atoms in total. The summed E-state index contributed by atoms with van der Waals surface area (Å²) in [5, 5.41) is 9.10. The molecule has 1 aliphatic rings. The minimum atomic E-state index is -0.395. The zero-order valence-corrected chi connectivity index (χ0v) is 30.5. The molecule has 264 valence electrons. The molecule has 1 aliphatic heterocycles. The van der Waals surface area contributed by atoms with Crippen molar-refractivity contribution >= 4 is 56.9 Å². The van der Waals surface area contributed by atoms with Gasteiger partial charge >= 0.3 is 11.9 Å². The van der Waals surface area contributed by atoms with Crippen LogP contribution in [0.4, 0.5) is 0 Å². The summed E-state index contributed by atoms with van der Waals surface area (Å²) in [6.07, 6.45) is 3.61. The van der Waals surface area contributed by atoms with Crippen LogP contribution in [-0.4, -0.2) is 56.1 Å². The van der Waals surface area contributed by atoms with Crippen molar-refractivity contribution in [3.8, 4) is 0 Å². The lowest BCUT2D eigenvalue weighted by Gasteiger charge is -2.09. The molecule has 8 bridgehead atoms. The standard InChI is InChI=1S/C42H30N6O4S2/c1-51-41(49)25-7-3-23(4-8-25)35-27-11-15-31(45-27)37(39-43-19-21-53-39)33-17-13-29(47-33)36(24-5-9-26(10-6-24)42(50)52-2)30-14-18-34(48-30)38(40-44-20-22-54-40)32-16-12-28(35)46-32/h3-22,45-48H,1-2H3. The van der Waals surface area contributed by atoms with Gasteiger partial charge in [0.25, 0.3) is 0 Å². The molecule has 0 fully saturated rings. The molecule has 0 unspecified atom stereocenters. The average Bonchev–Trinajstić information content (AvgIpc) is 4.06. The first-order valence-electron chi connectivity index (χ1n) is 16.9. The Balaban J connectivity index is 1.37. The SMILES string of the molecule is COC(=O)c1ccc(C2=c3ccc([nH]3)=C(c3nccs3)c3ccc([nH]3)C(c3ccc(C(=O)OC)cc3)=c3ccc([nH]3)=C(c3nccs3)c3ccc2[nH]3)cc1. The smallest absolute Gasteiger partial charge is 0.337 e. The molecule has 12 heteroatoms. The first-order chi connectivity index (χ1) is 26.5. The van der Waals surface area contributed by atoms with E-state index in [0.29, 0.717) is 11.1 Å². The molecule has 7 heterocycles. The van der Waals surface area contributed by atoms with E-state index in [9.17, 15) is 9.59 Å². The lowest BCUT2D eigenvalue weighted by molar-refractivity contribution is 0.0592. The van der Waals surface area contributed by atoms with Gasteiger partial charge in [-0.1, -0.05) is 24.3 Å². The van der Waals surface area contributed by atoms with E-state index in [4.69, 9.17) is 19.4 Å². The van der Waals surface area contributed by atoms with E-state index in [-0.39, 0.29) is 0 Å². The highest BCUT2D eigenvalue weighted by atomic mass is 32.1. The number of nitrogens with one attached hydrogen (secondary N) is 4. The van der Waals surface area contributed by atoms with E-state index >= 15 is 0 Å². The fourth-order valence-corrected chi connectivity index (χ4v) is 8.31. The quantitative estimate of drug-likeness (QED) is 0.181. The lowest BCUT2D eigenvalue weighted by Crippen LogP contribution is -2.19.